The van der Waals surface area contributed by atoms with Gasteiger partial charge in [0.2, 0.25) is 0 Å². The van der Waals surface area contributed by atoms with Crippen LogP contribution in [0.3, 0.4) is 0 Å². The zero-order valence-electron chi connectivity index (χ0n) is 27.0. The molecule has 8 heteroatoms. The summed E-state index contributed by atoms with van der Waals surface area (Å²) >= 11 is 0. The van der Waals surface area contributed by atoms with E-state index in [9.17, 15) is 19.8 Å². The van der Waals surface area contributed by atoms with Gasteiger partial charge in [0.05, 0.1) is 0 Å². The number of fused-ring (bicyclic) bond motifs is 8. The minimum absolute atomic E-state index is 0.211. The molecule has 240 valence electrons. The van der Waals surface area contributed by atoms with Crippen LogP contribution >= 0.6 is 0 Å². The second kappa shape index (κ2) is 13.4. The molecular weight excluding hydrogens is 528 g/mol. The third kappa shape index (κ3) is 6.43. The van der Waals surface area contributed by atoms with Crippen LogP contribution in [0.15, 0.2) is 0 Å². The summed E-state index contributed by atoms with van der Waals surface area (Å²) in [5, 5.41) is 35.6. The van der Waals surface area contributed by atoms with E-state index in [1.54, 1.807) is 0 Å². The monoisotopic (exact) mass is 588 g/mol. The maximum absolute atomic E-state index is 11.7. The molecule has 5 rings (SSSR count). The van der Waals surface area contributed by atoms with Gasteiger partial charge in [-0.15, -0.1) is 0 Å². The molecule has 0 spiro atoms. The van der Waals surface area contributed by atoms with Crippen molar-refractivity contribution in [2.24, 2.45) is 47.3 Å². The molecule has 42 heavy (non-hydrogen) atoms. The SMILES string of the molecule is CCC1C2CC3NC(CC4NC(CC5NC(CC(N2)C1C)C(C)C5CCC(=O)O)C(CCC(=O)O)C4C)C(CC)C3C. The molecule has 16 atom stereocenters. The Bertz CT molecular complexity index is 949. The maximum Gasteiger partial charge on any atom is 0.303 e. The maximum atomic E-state index is 11.7. The first kappa shape index (κ1) is 32.2. The largest absolute Gasteiger partial charge is 0.481 e. The van der Waals surface area contributed by atoms with E-state index >= 15 is 0 Å². The van der Waals surface area contributed by atoms with Gasteiger partial charge in [0.25, 0.3) is 0 Å². The number of nitrogens with one attached hydrogen (secondary N) is 4. The molecule has 5 fully saturated rings. The molecule has 0 radical (unpaired) electrons. The van der Waals surface area contributed by atoms with Crippen LogP contribution in [-0.4, -0.2) is 70.5 Å². The normalized spacial score (nSPS) is 48.9. The molecule has 6 N–H and O–H groups in total. The molecular formula is C34H60N4O4. The van der Waals surface area contributed by atoms with E-state index in [-0.39, 0.29) is 24.9 Å². The van der Waals surface area contributed by atoms with Gasteiger partial charge in [-0.25, -0.2) is 0 Å². The van der Waals surface area contributed by atoms with Gasteiger partial charge in [0.15, 0.2) is 0 Å². The first-order chi connectivity index (χ1) is 20.0. The third-order valence-corrected chi connectivity index (χ3v) is 13.4. The molecule has 0 amide bonds. The zero-order chi connectivity index (χ0) is 30.3. The number of carboxylic acids is 2. The molecule has 0 aromatic carbocycles. The lowest BCUT2D eigenvalue weighted by atomic mass is 9.76. The van der Waals surface area contributed by atoms with Crippen LogP contribution in [0.1, 0.15) is 106 Å². The first-order valence-corrected chi connectivity index (χ1v) is 17.5. The van der Waals surface area contributed by atoms with E-state index in [4.69, 9.17) is 0 Å². The predicted molar refractivity (Wildman–Crippen MR) is 166 cm³/mol. The van der Waals surface area contributed by atoms with Crippen LogP contribution < -0.4 is 21.3 Å². The molecule has 5 aliphatic heterocycles. The summed E-state index contributed by atoms with van der Waals surface area (Å²) in [5.74, 6) is 2.63. The highest BCUT2D eigenvalue weighted by Gasteiger charge is 2.51. The quantitative estimate of drug-likeness (QED) is 0.245. The van der Waals surface area contributed by atoms with Crippen molar-refractivity contribution in [1.82, 2.24) is 21.3 Å². The number of carboxylic acid groups (broad SMARTS) is 2. The van der Waals surface area contributed by atoms with Crippen LogP contribution in [0.2, 0.25) is 0 Å². The topological polar surface area (TPSA) is 123 Å². The Morgan fingerprint density at radius 2 is 0.762 bits per heavy atom. The van der Waals surface area contributed by atoms with Gasteiger partial charge < -0.3 is 31.5 Å². The van der Waals surface area contributed by atoms with Crippen LogP contribution in [-0.2, 0) is 9.59 Å². The van der Waals surface area contributed by atoms with Crippen molar-refractivity contribution < 1.29 is 19.8 Å². The van der Waals surface area contributed by atoms with Crippen molar-refractivity contribution in [3.05, 3.63) is 0 Å². The Balaban J connectivity index is 1.46. The Kier molecular flexibility index (Phi) is 10.3. The van der Waals surface area contributed by atoms with Gasteiger partial charge in [-0.05, 0) is 85.9 Å². The lowest BCUT2D eigenvalue weighted by molar-refractivity contribution is -0.138. The van der Waals surface area contributed by atoms with Crippen LogP contribution in [0.4, 0.5) is 0 Å². The zero-order valence-corrected chi connectivity index (χ0v) is 27.0. The lowest BCUT2D eigenvalue weighted by Gasteiger charge is -2.28. The van der Waals surface area contributed by atoms with Gasteiger partial charge >= 0.3 is 11.9 Å². The van der Waals surface area contributed by atoms with E-state index in [0.717, 1.165) is 19.3 Å². The second-order valence-corrected chi connectivity index (χ2v) is 15.2. The molecule has 8 nitrogen and oxygen atoms in total. The predicted octanol–water partition coefficient (Wildman–Crippen LogP) is 4.48. The van der Waals surface area contributed by atoms with E-state index in [1.807, 2.05) is 0 Å². The molecule has 0 aromatic heterocycles. The fourth-order valence-corrected chi connectivity index (χ4v) is 10.9. The highest BCUT2D eigenvalue weighted by Crippen LogP contribution is 2.44. The first-order valence-electron chi connectivity index (χ1n) is 17.5. The summed E-state index contributed by atoms with van der Waals surface area (Å²) in [6, 6.07) is 3.23. The van der Waals surface area contributed by atoms with Crippen molar-refractivity contribution in [3.63, 3.8) is 0 Å². The second-order valence-electron chi connectivity index (χ2n) is 15.2. The Hall–Kier alpha value is -1.22. The van der Waals surface area contributed by atoms with E-state index in [0.29, 0.717) is 96.4 Å². The molecule has 0 saturated carbocycles. The highest BCUT2D eigenvalue weighted by molar-refractivity contribution is 5.67. The fourth-order valence-electron chi connectivity index (χ4n) is 10.9. The molecule has 5 heterocycles. The molecule has 5 saturated heterocycles. The van der Waals surface area contributed by atoms with E-state index in [2.05, 4.69) is 62.8 Å². The molecule has 5 aliphatic rings. The molecule has 8 bridgehead atoms. The lowest BCUT2D eigenvalue weighted by Crippen LogP contribution is -2.45. The number of hydrogen-bond donors (Lipinski definition) is 6. The van der Waals surface area contributed by atoms with Gasteiger partial charge in [-0.2, -0.15) is 0 Å². The van der Waals surface area contributed by atoms with Crippen molar-refractivity contribution in [2.75, 3.05) is 0 Å². The Morgan fingerprint density at radius 1 is 0.500 bits per heavy atom. The summed E-state index contributed by atoms with van der Waals surface area (Å²) in [6.45, 7) is 14.3. The standard InChI is InChI=1S/C34H60N4O4/c1-7-21-17(3)25-13-26-19(5)23(9-11-33(39)40)31(37-26)16-32-24(10-12-34(41)42)20(6)28(38-32)15-30-22(8-2)18(4)27(36-30)14-29(21)35-25/h17-32,35-38H,7-16H2,1-6H3,(H,39,40)(H,41,42). The smallest absolute Gasteiger partial charge is 0.303 e. The van der Waals surface area contributed by atoms with Gasteiger partial charge in [-0.3, -0.25) is 9.59 Å². The van der Waals surface area contributed by atoms with Crippen molar-refractivity contribution in [2.45, 2.75) is 154 Å². The molecule has 0 aromatic rings. The van der Waals surface area contributed by atoms with Gasteiger partial charge in [0, 0.05) is 61.2 Å². The van der Waals surface area contributed by atoms with Crippen molar-refractivity contribution >= 4 is 11.9 Å². The summed E-state index contributed by atoms with van der Waals surface area (Å²) in [4.78, 5) is 23.3. The Morgan fingerprint density at radius 3 is 1.07 bits per heavy atom. The average molecular weight is 589 g/mol. The Labute approximate surface area is 254 Å². The summed E-state index contributed by atoms with van der Waals surface area (Å²) < 4.78 is 0. The summed E-state index contributed by atoms with van der Waals surface area (Å²) in [5.41, 5.74) is 0. The summed E-state index contributed by atoms with van der Waals surface area (Å²) in [7, 11) is 0. The number of hydrogen-bond acceptors (Lipinski definition) is 6. The van der Waals surface area contributed by atoms with Gasteiger partial charge in [0.1, 0.15) is 0 Å². The van der Waals surface area contributed by atoms with Crippen LogP contribution in [0.25, 0.3) is 0 Å². The van der Waals surface area contributed by atoms with Gasteiger partial charge in [-0.1, -0.05) is 54.4 Å². The number of carbonyl (C=O) groups is 2. The number of aliphatic carboxylic acids is 2. The highest BCUT2D eigenvalue weighted by atomic mass is 16.4. The summed E-state index contributed by atoms with van der Waals surface area (Å²) in [6.07, 6.45) is 8.52. The van der Waals surface area contributed by atoms with Crippen molar-refractivity contribution in [1.29, 1.82) is 0 Å². The van der Waals surface area contributed by atoms with E-state index < -0.39 is 11.9 Å². The molecule has 16 unspecified atom stereocenters. The fraction of sp³-hybridized carbons (Fsp3) is 0.941. The van der Waals surface area contributed by atoms with Crippen molar-refractivity contribution in [3.8, 4) is 0 Å². The average Bonchev–Trinajstić information content (AvgIpc) is 3.59. The molecule has 0 aliphatic carbocycles. The van der Waals surface area contributed by atoms with Crippen LogP contribution in [0, 0.1) is 47.3 Å². The third-order valence-electron chi connectivity index (χ3n) is 13.4. The van der Waals surface area contributed by atoms with E-state index in [1.165, 1.54) is 19.3 Å². The van der Waals surface area contributed by atoms with Crippen LogP contribution in [0.5, 0.6) is 0 Å². The minimum Gasteiger partial charge on any atom is -0.481 e. The minimum atomic E-state index is -0.711. The number of rotatable bonds is 8.